The van der Waals surface area contributed by atoms with Crippen LogP contribution in [0.1, 0.15) is 52.4 Å². The van der Waals surface area contributed by atoms with E-state index in [2.05, 4.69) is 37.9 Å². The van der Waals surface area contributed by atoms with Gasteiger partial charge in [0.25, 0.3) is 0 Å². The second-order valence-electron chi connectivity index (χ2n) is 6.26. The summed E-state index contributed by atoms with van der Waals surface area (Å²) >= 11 is 0. The van der Waals surface area contributed by atoms with E-state index in [9.17, 15) is 0 Å². The molecule has 0 aliphatic heterocycles. The Bertz CT molecular complexity index is 439. The third-order valence-electron chi connectivity index (χ3n) is 4.81. The van der Waals surface area contributed by atoms with Gasteiger partial charge in [0.15, 0.2) is 0 Å². The fraction of sp³-hybridized carbons (Fsp3) is 0.667. The third-order valence-corrected chi connectivity index (χ3v) is 4.81. The lowest BCUT2D eigenvalue weighted by Gasteiger charge is -2.36. The van der Waals surface area contributed by atoms with Crippen molar-refractivity contribution in [2.24, 2.45) is 5.92 Å². The van der Waals surface area contributed by atoms with Gasteiger partial charge in [-0.3, -0.25) is 0 Å². The van der Waals surface area contributed by atoms with E-state index in [1.54, 1.807) is 0 Å². The Labute approximate surface area is 129 Å². The van der Waals surface area contributed by atoms with Gasteiger partial charge in [-0.1, -0.05) is 20.3 Å². The van der Waals surface area contributed by atoms with Gasteiger partial charge >= 0.3 is 0 Å². The summed E-state index contributed by atoms with van der Waals surface area (Å²) in [5.41, 5.74) is 7.95. The molecule has 118 valence electrons. The minimum atomic E-state index is 0.649. The van der Waals surface area contributed by atoms with Gasteiger partial charge in [0.05, 0.1) is 12.3 Å². The van der Waals surface area contributed by atoms with Crippen LogP contribution in [0.2, 0.25) is 0 Å². The zero-order chi connectivity index (χ0) is 15.2. The topological polar surface area (TPSA) is 38.5 Å². The maximum atomic E-state index is 6.00. The molecular weight excluding hydrogens is 260 g/mol. The number of rotatable bonds is 6. The van der Waals surface area contributed by atoms with Crippen LogP contribution in [0, 0.1) is 5.92 Å². The van der Waals surface area contributed by atoms with Gasteiger partial charge in [0.1, 0.15) is 5.75 Å². The molecule has 3 nitrogen and oxygen atoms in total. The number of nitrogen functional groups attached to an aromatic ring is 1. The highest BCUT2D eigenvalue weighted by molar-refractivity contribution is 5.62. The molecule has 2 N–H and O–H groups in total. The van der Waals surface area contributed by atoms with Crippen molar-refractivity contribution >= 4 is 11.4 Å². The van der Waals surface area contributed by atoms with Crippen LogP contribution in [0.15, 0.2) is 18.2 Å². The molecule has 3 heteroatoms. The smallest absolute Gasteiger partial charge is 0.144 e. The zero-order valence-corrected chi connectivity index (χ0v) is 13.8. The molecule has 1 aromatic carbocycles. The molecule has 1 aliphatic carbocycles. The van der Waals surface area contributed by atoms with Crippen molar-refractivity contribution in [1.29, 1.82) is 0 Å². The zero-order valence-electron chi connectivity index (χ0n) is 13.8. The molecular formula is C18H30N2O. The van der Waals surface area contributed by atoms with Crippen LogP contribution in [0.4, 0.5) is 11.4 Å². The number of ether oxygens (including phenoxy) is 1. The summed E-state index contributed by atoms with van der Waals surface area (Å²) in [5.74, 6) is 1.76. The molecule has 0 heterocycles. The lowest BCUT2D eigenvalue weighted by molar-refractivity contribution is 0.311. The molecule has 0 spiro atoms. The number of anilines is 2. The number of benzene rings is 1. The SMILES string of the molecule is CCCOc1cc(N(C)C2CCC(CC)CC2)ccc1N. The minimum Gasteiger partial charge on any atom is -0.491 e. The molecule has 0 saturated heterocycles. The first-order valence-electron chi connectivity index (χ1n) is 8.40. The van der Waals surface area contributed by atoms with Crippen molar-refractivity contribution in [3.05, 3.63) is 18.2 Å². The summed E-state index contributed by atoms with van der Waals surface area (Å²) in [6, 6.07) is 6.82. The molecule has 2 rings (SSSR count). The van der Waals surface area contributed by atoms with Gasteiger partial charge in [0, 0.05) is 24.8 Å². The third kappa shape index (κ3) is 4.05. The first-order chi connectivity index (χ1) is 10.2. The lowest BCUT2D eigenvalue weighted by atomic mass is 9.84. The molecule has 0 radical (unpaired) electrons. The van der Waals surface area contributed by atoms with Crippen LogP contribution in [-0.2, 0) is 0 Å². The molecule has 21 heavy (non-hydrogen) atoms. The highest BCUT2D eigenvalue weighted by atomic mass is 16.5. The molecule has 0 unspecified atom stereocenters. The van der Waals surface area contributed by atoms with E-state index < -0.39 is 0 Å². The molecule has 1 saturated carbocycles. The van der Waals surface area contributed by atoms with E-state index in [-0.39, 0.29) is 0 Å². The number of nitrogens with zero attached hydrogens (tertiary/aromatic N) is 1. The van der Waals surface area contributed by atoms with Gasteiger partial charge in [-0.05, 0) is 50.2 Å². The average Bonchev–Trinajstić information content (AvgIpc) is 2.53. The maximum Gasteiger partial charge on any atom is 0.144 e. The van der Waals surface area contributed by atoms with Crippen molar-refractivity contribution < 1.29 is 4.74 Å². The Kier molecular flexibility index (Phi) is 5.77. The second kappa shape index (κ2) is 7.58. The van der Waals surface area contributed by atoms with Crippen molar-refractivity contribution in [2.75, 3.05) is 24.3 Å². The van der Waals surface area contributed by atoms with Crippen LogP contribution in [0.3, 0.4) is 0 Å². The van der Waals surface area contributed by atoms with Gasteiger partial charge < -0.3 is 15.4 Å². The predicted octanol–water partition coefficient (Wildman–Crippen LogP) is 4.46. The fourth-order valence-electron chi connectivity index (χ4n) is 3.23. The summed E-state index contributed by atoms with van der Waals surface area (Å²) in [6.07, 6.45) is 7.64. The molecule has 1 fully saturated rings. The first-order valence-corrected chi connectivity index (χ1v) is 8.40. The van der Waals surface area contributed by atoms with E-state index in [0.717, 1.165) is 30.4 Å². The summed E-state index contributed by atoms with van der Waals surface area (Å²) in [5, 5.41) is 0. The van der Waals surface area contributed by atoms with Crippen molar-refractivity contribution in [2.45, 2.75) is 58.4 Å². The molecule has 0 aromatic heterocycles. The van der Waals surface area contributed by atoms with Gasteiger partial charge in [0.2, 0.25) is 0 Å². The second-order valence-corrected chi connectivity index (χ2v) is 6.26. The van der Waals surface area contributed by atoms with Crippen molar-refractivity contribution in [3.8, 4) is 5.75 Å². The van der Waals surface area contributed by atoms with Crippen LogP contribution in [0.25, 0.3) is 0 Å². The maximum absolute atomic E-state index is 6.00. The van der Waals surface area contributed by atoms with Crippen LogP contribution in [0.5, 0.6) is 5.75 Å². The number of nitrogens with two attached hydrogens (primary N) is 1. The van der Waals surface area contributed by atoms with E-state index >= 15 is 0 Å². The first kappa shape index (κ1) is 16.0. The Morgan fingerprint density at radius 1 is 1.19 bits per heavy atom. The van der Waals surface area contributed by atoms with E-state index in [4.69, 9.17) is 10.5 Å². The van der Waals surface area contributed by atoms with Crippen LogP contribution < -0.4 is 15.4 Å². The molecule has 0 bridgehead atoms. The Balaban J connectivity index is 2.03. The predicted molar refractivity (Wildman–Crippen MR) is 91.1 cm³/mol. The van der Waals surface area contributed by atoms with E-state index in [0.29, 0.717) is 6.04 Å². The number of hydrogen-bond donors (Lipinski definition) is 1. The highest BCUT2D eigenvalue weighted by Crippen LogP contribution is 2.33. The standard InChI is InChI=1S/C18H30N2O/c1-4-12-21-18-13-16(10-11-17(18)19)20(3)15-8-6-14(5-2)7-9-15/h10-11,13-15H,4-9,12,19H2,1-3H3. The average molecular weight is 290 g/mol. The normalized spacial score (nSPS) is 22.0. The summed E-state index contributed by atoms with van der Waals surface area (Å²) < 4.78 is 5.75. The van der Waals surface area contributed by atoms with Crippen molar-refractivity contribution in [3.63, 3.8) is 0 Å². The van der Waals surface area contributed by atoms with Crippen LogP contribution in [-0.4, -0.2) is 19.7 Å². The largest absolute Gasteiger partial charge is 0.491 e. The fourth-order valence-corrected chi connectivity index (χ4v) is 3.23. The van der Waals surface area contributed by atoms with Gasteiger partial charge in [-0.25, -0.2) is 0 Å². The molecule has 0 amide bonds. The van der Waals surface area contributed by atoms with Crippen molar-refractivity contribution in [1.82, 2.24) is 0 Å². The Morgan fingerprint density at radius 2 is 1.90 bits per heavy atom. The van der Waals surface area contributed by atoms with E-state index in [1.165, 1.54) is 37.8 Å². The summed E-state index contributed by atoms with van der Waals surface area (Å²) in [4.78, 5) is 2.41. The van der Waals surface area contributed by atoms with Gasteiger partial charge in [-0.15, -0.1) is 0 Å². The van der Waals surface area contributed by atoms with Crippen LogP contribution >= 0.6 is 0 Å². The Morgan fingerprint density at radius 3 is 2.52 bits per heavy atom. The summed E-state index contributed by atoms with van der Waals surface area (Å²) in [7, 11) is 2.20. The molecule has 1 aromatic rings. The monoisotopic (exact) mass is 290 g/mol. The Hall–Kier alpha value is -1.38. The lowest BCUT2D eigenvalue weighted by Crippen LogP contribution is -2.35. The minimum absolute atomic E-state index is 0.649. The number of hydrogen-bond acceptors (Lipinski definition) is 3. The molecule has 1 aliphatic rings. The van der Waals surface area contributed by atoms with E-state index in [1.807, 2.05) is 6.07 Å². The quantitative estimate of drug-likeness (QED) is 0.786. The highest BCUT2D eigenvalue weighted by Gasteiger charge is 2.23. The molecule has 0 atom stereocenters. The summed E-state index contributed by atoms with van der Waals surface area (Å²) in [6.45, 7) is 5.14. The van der Waals surface area contributed by atoms with Gasteiger partial charge in [-0.2, -0.15) is 0 Å².